The summed E-state index contributed by atoms with van der Waals surface area (Å²) in [5.74, 6) is 0.978. The Morgan fingerprint density at radius 3 is 2.48 bits per heavy atom. The second-order valence-electron chi connectivity index (χ2n) is 9.59. The number of benzene rings is 1. The van der Waals surface area contributed by atoms with Crippen LogP contribution >= 0.6 is 0 Å². The van der Waals surface area contributed by atoms with Crippen molar-refractivity contribution in [2.24, 2.45) is 11.8 Å². The summed E-state index contributed by atoms with van der Waals surface area (Å²) in [6.45, 7) is 6.28. The molecule has 0 aromatic heterocycles. The van der Waals surface area contributed by atoms with Crippen LogP contribution in [-0.2, 0) is 16.1 Å². The summed E-state index contributed by atoms with van der Waals surface area (Å²) in [5.41, 5.74) is 2.64. The fraction of sp³-hybridized carbons (Fsp3) is 0.583. The fourth-order valence-corrected chi connectivity index (χ4v) is 5.23. The Morgan fingerprint density at radius 2 is 1.86 bits per heavy atom. The van der Waals surface area contributed by atoms with Crippen LogP contribution in [0.3, 0.4) is 0 Å². The lowest BCUT2D eigenvalue weighted by molar-refractivity contribution is -0.140. The molecule has 4 aliphatic rings. The molecule has 5 rings (SSSR count). The Kier molecular flexibility index (Phi) is 4.45. The van der Waals surface area contributed by atoms with Gasteiger partial charge >= 0.3 is 0 Å². The van der Waals surface area contributed by atoms with Gasteiger partial charge in [0.25, 0.3) is 5.91 Å². The summed E-state index contributed by atoms with van der Waals surface area (Å²) in [7, 11) is 0. The molecule has 5 nitrogen and oxygen atoms in total. The molecule has 2 aliphatic heterocycles. The SMILES string of the molecule is CC1(C)C2=C(C(=O)N1Cc1ccccc1)C(C1CC1)N(C(=O)C1CCC1)CCN2. The number of amides is 2. The van der Waals surface area contributed by atoms with Gasteiger partial charge in [-0.3, -0.25) is 9.59 Å². The minimum atomic E-state index is -0.398. The summed E-state index contributed by atoms with van der Waals surface area (Å²) in [6.07, 6.45) is 5.39. The van der Waals surface area contributed by atoms with E-state index in [1.54, 1.807) is 0 Å². The normalized spacial score (nSPS) is 26.7. The van der Waals surface area contributed by atoms with Gasteiger partial charge in [0, 0.05) is 31.2 Å². The van der Waals surface area contributed by atoms with Crippen molar-refractivity contribution in [3.8, 4) is 0 Å². The van der Waals surface area contributed by atoms with Gasteiger partial charge in [-0.25, -0.2) is 0 Å². The third kappa shape index (κ3) is 3.06. The summed E-state index contributed by atoms with van der Waals surface area (Å²) < 4.78 is 0. The molecule has 0 bridgehead atoms. The molecule has 0 saturated heterocycles. The predicted molar refractivity (Wildman–Crippen MR) is 112 cm³/mol. The highest BCUT2D eigenvalue weighted by Crippen LogP contribution is 2.47. The van der Waals surface area contributed by atoms with Gasteiger partial charge in [0.2, 0.25) is 5.91 Å². The monoisotopic (exact) mass is 393 g/mol. The lowest BCUT2D eigenvalue weighted by Gasteiger charge is -2.38. The number of carbonyl (C=O) groups excluding carboxylic acids is 2. The van der Waals surface area contributed by atoms with Crippen LogP contribution in [0.1, 0.15) is 51.5 Å². The van der Waals surface area contributed by atoms with Gasteiger partial charge in [0.1, 0.15) is 0 Å². The average molecular weight is 394 g/mol. The Bertz CT molecular complexity index is 852. The number of rotatable bonds is 4. The molecule has 1 N–H and O–H groups in total. The molecule has 5 heteroatoms. The number of hydrogen-bond acceptors (Lipinski definition) is 3. The average Bonchev–Trinajstić information content (AvgIpc) is 3.47. The van der Waals surface area contributed by atoms with E-state index < -0.39 is 5.54 Å². The van der Waals surface area contributed by atoms with E-state index >= 15 is 0 Å². The van der Waals surface area contributed by atoms with E-state index in [4.69, 9.17) is 0 Å². The Hall–Kier alpha value is -2.30. The molecule has 1 atom stereocenters. The van der Waals surface area contributed by atoms with E-state index in [1.165, 1.54) is 0 Å². The first kappa shape index (κ1) is 18.7. The van der Waals surface area contributed by atoms with Crippen LogP contribution in [0.4, 0.5) is 0 Å². The van der Waals surface area contributed by atoms with Crippen molar-refractivity contribution in [2.75, 3.05) is 13.1 Å². The van der Waals surface area contributed by atoms with Gasteiger partial charge in [-0.15, -0.1) is 0 Å². The molecule has 2 saturated carbocycles. The summed E-state index contributed by atoms with van der Waals surface area (Å²) in [4.78, 5) is 31.1. The maximum Gasteiger partial charge on any atom is 0.254 e. The van der Waals surface area contributed by atoms with E-state index in [0.29, 0.717) is 19.0 Å². The smallest absolute Gasteiger partial charge is 0.254 e. The van der Waals surface area contributed by atoms with Crippen molar-refractivity contribution < 1.29 is 9.59 Å². The van der Waals surface area contributed by atoms with Crippen molar-refractivity contribution in [1.29, 1.82) is 0 Å². The molecule has 29 heavy (non-hydrogen) atoms. The topological polar surface area (TPSA) is 52.7 Å². The van der Waals surface area contributed by atoms with Gasteiger partial charge < -0.3 is 15.1 Å². The number of nitrogens with one attached hydrogen (secondary N) is 1. The number of nitrogens with zero attached hydrogens (tertiary/aromatic N) is 2. The standard InChI is InChI=1S/C24H31N3O2/c1-24(2)21-19(23(29)27(24)15-16-7-4-3-5-8-16)20(17-11-12-17)26(14-13-25-21)22(28)18-9-6-10-18/h3-5,7-8,17-18,20,25H,6,9-15H2,1-2H3. The van der Waals surface area contributed by atoms with E-state index in [9.17, 15) is 9.59 Å². The van der Waals surface area contributed by atoms with Crippen molar-refractivity contribution in [2.45, 2.75) is 64.1 Å². The van der Waals surface area contributed by atoms with Crippen molar-refractivity contribution in [1.82, 2.24) is 15.1 Å². The molecule has 2 amide bonds. The molecule has 1 unspecified atom stereocenters. The Labute approximate surface area is 173 Å². The van der Waals surface area contributed by atoms with E-state index in [1.807, 2.05) is 23.1 Å². The highest BCUT2D eigenvalue weighted by atomic mass is 16.2. The van der Waals surface area contributed by atoms with Crippen LogP contribution in [-0.4, -0.2) is 46.3 Å². The maximum atomic E-state index is 13.8. The lowest BCUT2D eigenvalue weighted by Crippen LogP contribution is -2.51. The highest BCUT2D eigenvalue weighted by Gasteiger charge is 2.53. The van der Waals surface area contributed by atoms with E-state index in [2.05, 4.69) is 36.2 Å². The summed E-state index contributed by atoms with van der Waals surface area (Å²) in [5, 5.41) is 3.58. The third-order valence-corrected chi connectivity index (χ3v) is 7.31. The van der Waals surface area contributed by atoms with Crippen LogP contribution in [0, 0.1) is 11.8 Å². The van der Waals surface area contributed by atoms with Crippen LogP contribution in [0.15, 0.2) is 41.6 Å². The van der Waals surface area contributed by atoms with Crippen LogP contribution < -0.4 is 5.32 Å². The fourth-order valence-electron chi connectivity index (χ4n) is 5.23. The molecule has 1 aromatic carbocycles. The molecule has 2 aliphatic carbocycles. The van der Waals surface area contributed by atoms with Crippen LogP contribution in [0.25, 0.3) is 0 Å². The zero-order chi connectivity index (χ0) is 20.2. The van der Waals surface area contributed by atoms with E-state index in [0.717, 1.165) is 55.5 Å². The Morgan fingerprint density at radius 1 is 1.14 bits per heavy atom. The Balaban J connectivity index is 1.50. The summed E-state index contributed by atoms with van der Waals surface area (Å²) in [6, 6.07) is 10.1. The zero-order valence-corrected chi connectivity index (χ0v) is 17.5. The second kappa shape index (κ2) is 6.89. The second-order valence-corrected chi connectivity index (χ2v) is 9.59. The first-order valence-electron chi connectivity index (χ1n) is 11.1. The van der Waals surface area contributed by atoms with Gasteiger partial charge in [0.15, 0.2) is 0 Å². The minimum Gasteiger partial charge on any atom is -0.384 e. The summed E-state index contributed by atoms with van der Waals surface area (Å²) >= 11 is 0. The third-order valence-electron chi connectivity index (χ3n) is 7.31. The van der Waals surface area contributed by atoms with Crippen LogP contribution in [0.5, 0.6) is 0 Å². The van der Waals surface area contributed by atoms with Gasteiger partial charge in [0.05, 0.1) is 17.2 Å². The van der Waals surface area contributed by atoms with Crippen molar-refractivity contribution in [3.63, 3.8) is 0 Å². The van der Waals surface area contributed by atoms with Gasteiger partial charge in [-0.1, -0.05) is 36.8 Å². The molecule has 2 fully saturated rings. The molecule has 1 aromatic rings. The first-order valence-corrected chi connectivity index (χ1v) is 11.1. The minimum absolute atomic E-state index is 0.0550. The van der Waals surface area contributed by atoms with Crippen LogP contribution in [0.2, 0.25) is 0 Å². The van der Waals surface area contributed by atoms with Crippen molar-refractivity contribution in [3.05, 3.63) is 47.2 Å². The molecule has 0 spiro atoms. The number of hydrogen-bond donors (Lipinski definition) is 1. The zero-order valence-electron chi connectivity index (χ0n) is 17.5. The van der Waals surface area contributed by atoms with Gasteiger partial charge in [-0.05, 0) is 51.0 Å². The first-order chi connectivity index (χ1) is 14.0. The van der Waals surface area contributed by atoms with Gasteiger partial charge in [-0.2, -0.15) is 0 Å². The quantitative estimate of drug-likeness (QED) is 0.855. The predicted octanol–water partition coefficient (Wildman–Crippen LogP) is 3.07. The molecular weight excluding hydrogens is 362 g/mol. The largest absolute Gasteiger partial charge is 0.384 e. The molecule has 154 valence electrons. The number of carbonyl (C=O) groups is 2. The lowest BCUT2D eigenvalue weighted by atomic mass is 9.83. The van der Waals surface area contributed by atoms with E-state index in [-0.39, 0.29) is 23.8 Å². The molecular formula is C24H31N3O2. The highest BCUT2D eigenvalue weighted by molar-refractivity contribution is 6.00. The maximum absolute atomic E-state index is 13.8. The molecule has 2 heterocycles. The van der Waals surface area contributed by atoms with Crippen molar-refractivity contribution >= 4 is 11.8 Å². The molecule has 0 radical (unpaired) electrons.